The summed E-state index contributed by atoms with van der Waals surface area (Å²) in [5.41, 5.74) is 10.5. The topological polar surface area (TPSA) is 160 Å². The number of hydrogen-bond donors (Lipinski definition) is 4. The summed E-state index contributed by atoms with van der Waals surface area (Å²) in [6.45, 7) is 0. The van der Waals surface area contributed by atoms with Gasteiger partial charge in [0, 0.05) is 17.8 Å². The Morgan fingerprint density at radius 3 is 2.50 bits per heavy atom. The highest BCUT2D eigenvalue weighted by atomic mass is 32.2. The van der Waals surface area contributed by atoms with Gasteiger partial charge in [0.2, 0.25) is 5.91 Å². The van der Waals surface area contributed by atoms with Crippen molar-refractivity contribution in [1.29, 1.82) is 5.41 Å². The third-order valence-corrected chi connectivity index (χ3v) is 2.70. The molecule has 0 aliphatic carbocycles. The van der Waals surface area contributed by atoms with E-state index >= 15 is 0 Å². The zero-order valence-electron chi connectivity index (χ0n) is 10.2. The van der Waals surface area contributed by atoms with Crippen molar-refractivity contribution in [1.82, 2.24) is 0 Å². The van der Waals surface area contributed by atoms with Gasteiger partial charge < -0.3 is 16.8 Å². The molecular formula is C10H12N6O3S. The van der Waals surface area contributed by atoms with Gasteiger partial charge in [0.05, 0.1) is 10.7 Å². The molecule has 20 heavy (non-hydrogen) atoms. The fraction of sp³-hybridized carbons (Fsp3) is 0.100. The van der Waals surface area contributed by atoms with Crippen molar-refractivity contribution in [2.24, 2.45) is 16.5 Å². The summed E-state index contributed by atoms with van der Waals surface area (Å²) in [6, 6.07) is 5.40. The van der Waals surface area contributed by atoms with Crippen molar-refractivity contribution in [2.75, 3.05) is 11.1 Å². The Balaban J connectivity index is 2.48. The van der Waals surface area contributed by atoms with Gasteiger partial charge in [0.15, 0.2) is 11.1 Å². The first kappa shape index (κ1) is 15.4. The van der Waals surface area contributed by atoms with Crippen molar-refractivity contribution < 1.29 is 9.72 Å². The number of aliphatic imine (C=N–C) groups is 1. The van der Waals surface area contributed by atoms with Crippen LogP contribution in [0.1, 0.15) is 0 Å². The summed E-state index contributed by atoms with van der Waals surface area (Å²) in [4.78, 5) is 24.9. The van der Waals surface area contributed by atoms with Gasteiger partial charge in [-0.25, -0.2) is 0 Å². The van der Waals surface area contributed by atoms with Crippen LogP contribution >= 0.6 is 11.8 Å². The SMILES string of the molecule is N=C(N=C(N)N)SCC(=O)Nc1ccc([N+](=O)[O-])cc1. The Labute approximate surface area is 118 Å². The number of nitro groups is 1. The molecule has 0 bridgehead atoms. The number of carbonyl (C=O) groups excluding carboxylic acids is 1. The lowest BCUT2D eigenvalue weighted by molar-refractivity contribution is -0.384. The lowest BCUT2D eigenvalue weighted by Gasteiger charge is -2.04. The van der Waals surface area contributed by atoms with Gasteiger partial charge in [-0.05, 0) is 12.1 Å². The maximum Gasteiger partial charge on any atom is 0.269 e. The Morgan fingerprint density at radius 2 is 2.00 bits per heavy atom. The zero-order valence-corrected chi connectivity index (χ0v) is 11.0. The minimum atomic E-state index is -0.530. The number of nitrogens with one attached hydrogen (secondary N) is 2. The number of amidine groups is 1. The molecule has 0 radical (unpaired) electrons. The number of carbonyl (C=O) groups is 1. The van der Waals surface area contributed by atoms with Crippen molar-refractivity contribution in [2.45, 2.75) is 0 Å². The molecule has 0 atom stereocenters. The van der Waals surface area contributed by atoms with Gasteiger partial charge in [-0.1, -0.05) is 11.8 Å². The summed E-state index contributed by atoms with van der Waals surface area (Å²) < 4.78 is 0. The summed E-state index contributed by atoms with van der Waals surface area (Å²) in [5.74, 6) is -0.676. The monoisotopic (exact) mass is 296 g/mol. The van der Waals surface area contributed by atoms with Gasteiger partial charge >= 0.3 is 0 Å². The Hall–Kier alpha value is -2.62. The number of amides is 1. The van der Waals surface area contributed by atoms with E-state index in [1.807, 2.05) is 0 Å². The average Bonchev–Trinajstić information content (AvgIpc) is 2.36. The molecule has 0 spiro atoms. The molecule has 1 aromatic rings. The van der Waals surface area contributed by atoms with Gasteiger partial charge in [0.25, 0.3) is 5.69 Å². The van der Waals surface area contributed by atoms with Crippen LogP contribution in [-0.4, -0.2) is 27.7 Å². The van der Waals surface area contributed by atoms with Crippen molar-refractivity contribution >= 4 is 40.2 Å². The number of thioether (sulfide) groups is 1. The molecule has 0 saturated carbocycles. The molecule has 9 nitrogen and oxygen atoms in total. The second kappa shape index (κ2) is 7.09. The molecule has 0 aliphatic rings. The van der Waals surface area contributed by atoms with Crippen LogP contribution in [0.25, 0.3) is 0 Å². The molecule has 1 aromatic carbocycles. The van der Waals surface area contributed by atoms with E-state index in [1.54, 1.807) is 0 Å². The molecule has 0 fully saturated rings. The number of benzene rings is 1. The first-order valence-corrected chi connectivity index (χ1v) is 6.22. The number of guanidine groups is 1. The smallest absolute Gasteiger partial charge is 0.269 e. The van der Waals surface area contributed by atoms with E-state index in [1.165, 1.54) is 24.3 Å². The van der Waals surface area contributed by atoms with Crippen molar-refractivity contribution in [3.63, 3.8) is 0 Å². The maximum atomic E-state index is 11.5. The normalized spacial score (nSPS) is 9.60. The molecule has 0 heterocycles. The average molecular weight is 296 g/mol. The van der Waals surface area contributed by atoms with Gasteiger partial charge in [-0.2, -0.15) is 4.99 Å². The van der Waals surface area contributed by atoms with Crippen LogP contribution in [0.3, 0.4) is 0 Å². The number of non-ortho nitro benzene ring substituents is 1. The van der Waals surface area contributed by atoms with Crippen molar-refractivity contribution in [3.8, 4) is 0 Å². The van der Waals surface area contributed by atoms with Gasteiger partial charge in [0.1, 0.15) is 0 Å². The molecule has 6 N–H and O–H groups in total. The number of nitrogens with two attached hydrogens (primary N) is 2. The third-order valence-electron chi connectivity index (χ3n) is 1.93. The van der Waals surface area contributed by atoms with E-state index in [2.05, 4.69) is 10.3 Å². The van der Waals surface area contributed by atoms with Crippen LogP contribution in [0, 0.1) is 15.5 Å². The molecule has 0 aliphatic heterocycles. The van der Waals surface area contributed by atoms with Crippen LogP contribution in [-0.2, 0) is 4.79 Å². The van der Waals surface area contributed by atoms with Crippen LogP contribution in [0.2, 0.25) is 0 Å². The minimum absolute atomic E-state index is 0.0490. The molecule has 0 saturated heterocycles. The van der Waals surface area contributed by atoms with Crippen LogP contribution in [0.15, 0.2) is 29.3 Å². The van der Waals surface area contributed by atoms with E-state index in [4.69, 9.17) is 16.9 Å². The van der Waals surface area contributed by atoms with E-state index in [0.29, 0.717) is 5.69 Å². The molecular weight excluding hydrogens is 284 g/mol. The summed E-state index contributed by atoms with van der Waals surface area (Å²) in [5, 5.41) is 20.1. The Morgan fingerprint density at radius 1 is 1.40 bits per heavy atom. The Bertz CT molecular complexity index is 553. The van der Waals surface area contributed by atoms with E-state index in [9.17, 15) is 14.9 Å². The second-order valence-electron chi connectivity index (χ2n) is 3.48. The highest BCUT2D eigenvalue weighted by molar-refractivity contribution is 8.14. The number of nitrogens with zero attached hydrogens (tertiary/aromatic N) is 2. The summed E-state index contributed by atoms with van der Waals surface area (Å²) in [6.07, 6.45) is 0. The molecule has 0 aromatic heterocycles. The zero-order chi connectivity index (χ0) is 15.1. The van der Waals surface area contributed by atoms with E-state index in [-0.39, 0.29) is 28.5 Å². The van der Waals surface area contributed by atoms with Crippen LogP contribution < -0.4 is 16.8 Å². The predicted octanol–water partition coefficient (Wildman–Crippen LogP) is 0.475. The van der Waals surface area contributed by atoms with E-state index in [0.717, 1.165) is 11.8 Å². The fourth-order valence-corrected chi connectivity index (χ4v) is 1.66. The lowest BCUT2D eigenvalue weighted by atomic mass is 10.3. The lowest BCUT2D eigenvalue weighted by Crippen LogP contribution is -2.24. The largest absolute Gasteiger partial charge is 0.370 e. The number of anilines is 1. The highest BCUT2D eigenvalue weighted by Gasteiger charge is 2.07. The van der Waals surface area contributed by atoms with Gasteiger partial charge in [-0.15, -0.1) is 0 Å². The van der Waals surface area contributed by atoms with Crippen LogP contribution in [0.4, 0.5) is 11.4 Å². The molecule has 1 amide bonds. The molecule has 106 valence electrons. The van der Waals surface area contributed by atoms with E-state index < -0.39 is 4.92 Å². The first-order chi connectivity index (χ1) is 9.38. The minimum Gasteiger partial charge on any atom is -0.370 e. The van der Waals surface area contributed by atoms with Crippen molar-refractivity contribution in [3.05, 3.63) is 34.4 Å². The number of rotatable bonds is 4. The summed E-state index contributed by atoms with van der Waals surface area (Å²) in [7, 11) is 0. The first-order valence-electron chi connectivity index (χ1n) is 5.24. The summed E-state index contributed by atoms with van der Waals surface area (Å²) >= 11 is 0.856. The fourth-order valence-electron chi connectivity index (χ4n) is 1.15. The molecule has 1 rings (SSSR count). The molecule has 10 heteroatoms. The molecule has 0 unspecified atom stereocenters. The second-order valence-corrected chi connectivity index (χ2v) is 4.45. The highest BCUT2D eigenvalue weighted by Crippen LogP contribution is 2.15. The maximum absolute atomic E-state index is 11.5. The number of hydrogen-bond acceptors (Lipinski definition) is 5. The van der Waals surface area contributed by atoms with Gasteiger partial charge in [-0.3, -0.25) is 20.3 Å². The standard InChI is InChI=1S/C10H12N6O3S/c11-9(12)15-10(13)20-5-8(17)14-6-1-3-7(4-2-6)16(18)19/h1-4H,5H2,(H,14,17)(H5,11,12,13,15). The Kier molecular flexibility index (Phi) is 5.47. The quantitative estimate of drug-likeness (QED) is 0.273. The number of nitro benzene ring substituents is 1. The van der Waals surface area contributed by atoms with Crippen LogP contribution in [0.5, 0.6) is 0 Å². The predicted molar refractivity (Wildman–Crippen MR) is 77.7 cm³/mol. The third kappa shape index (κ3) is 5.35.